The van der Waals surface area contributed by atoms with E-state index < -0.39 is 10.0 Å². The third kappa shape index (κ3) is 3.54. The Labute approximate surface area is 124 Å². The van der Waals surface area contributed by atoms with E-state index in [2.05, 4.69) is 5.32 Å². The monoisotopic (exact) mass is 312 g/mol. The molecule has 1 aromatic carbocycles. The standard InChI is InChI=1S/C14H20N2O4S/c1-14(2)7-10(14)13(17)16-8-9-4-5-11(20-3)12(6-9)21(15,18)19/h4-6,10H,7-8H2,1-3H3,(H,16,17)(H2,15,18,19). The van der Waals surface area contributed by atoms with Gasteiger partial charge in [0.25, 0.3) is 0 Å². The van der Waals surface area contributed by atoms with E-state index in [4.69, 9.17) is 9.88 Å². The summed E-state index contributed by atoms with van der Waals surface area (Å²) in [6.45, 7) is 4.35. The van der Waals surface area contributed by atoms with Crippen molar-refractivity contribution in [3.05, 3.63) is 23.8 Å². The van der Waals surface area contributed by atoms with Gasteiger partial charge in [0.2, 0.25) is 15.9 Å². The third-order valence-electron chi connectivity index (χ3n) is 3.83. The van der Waals surface area contributed by atoms with Crippen molar-refractivity contribution < 1.29 is 17.9 Å². The highest BCUT2D eigenvalue weighted by Gasteiger charge is 2.50. The van der Waals surface area contributed by atoms with E-state index in [1.807, 2.05) is 13.8 Å². The fourth-order valence-corrected chi connectivity index (χ4v) is 3.03. The molecule has 3 N–H and O–H groups in total. The zero-order chi connectivity index (χ0) is 15.8. The van der Waals surface area contributed by atoms with Gasteiger partial charge >= 0.3 is 0 Å². The van der Waals surface area contributed by atoms with E-state index in [9.17, 15) is 13.2 Å². The van der Waals surface area contributed by atoms with E-state index in [-0.39, 0.29) is 34.4 Å². The van der Waals surface area contributed by atoms with Crippen molar-refractivity contribution >= 4 is 15.9 Å². The predicted molar refractivity (Wildman–Crippen MR) is 78.1 cm³/mol. The molecule has 1 atom stereocenters. The molecule has 0 bridgehead atoms. The number of ether oxygens (including phenoxy) is 1. The molecule has 1 aliphatic rings. The summed E-state index contributed by atoms with van der Waals surface area (Å²) in [5.74, 6) is 0.220. The first kappa shape index (κ1) is 15.8. The summed E-state index contributed by atoms with van der Waals surface area (Å²) in [6, 6.07) is 4.65. The number of nitrogens with two attached hydrogens (primary N) is 1. The Balaban J connectivity index is 2.10. The molecule has 0 radical (unpaired) electrons. The molecule has 1 amide bonds. The van der Waals surface area contributed by atoms with Crippen LogP contribution in [-0.4, -0.2) is 21.4 Å². The van der Waals surface area contributed by atoms with Gasteiger partial charge in [0.1, 0.15) is 10.6 Å². The lowest BCUT2D eigenvalue weighted by molar-refractivity contribution is -0.123. The molecule has 21 heavy (non-hydrogen) atoms. The lowest BCUT2D eigenvalue weighted by Gasteiger charge is -2.10. The molecule has 7 heteroatoms. The topological polar surface area (TPSA) is 98.5 Å². The number of methoxy groups -OCH3 is 1. The quantitative estimate of drug-likeness (QED) is 0.847. The molecule has 116 valence electrons. The van der Waals surface area contributed by atoms with E-state index in [0.717, 1.165) is 6.42 Å². The van der Waals surface area contributed by atoms with Gasteiger partial charge in [0.05, 0.1) is 7.11 Å². The zero-order valence-corrected chi connectivity index (χ0v) is 13.2. The maximum atomic E-state index is 11.9. The minimum absolute atomic E-state index is 0.00651. The van der Waals surface area contributed by atoms with Crippen molar-refractivity contribution in [2.24, 2.45) is 16.5 Å². The second kappa shape index (κ2) is 5.31. The van der Waals surface area contributed by atoms with E-state index >= 15 is 0 Å². The summed E-state index contributed by atoms with van der Waals surface area (Å²) in [5.41, 5.74) is 0.724. The fourth-order valence-electron chi connectivity index (χ4n) is 2.28. The predicted octanol–water partition coefficient (Wildman–Crippen LogP) is 1.00. The van der Waals surface area contributed by atoms with Crippen LogP contribution in [-0.2, 0) is 21.4 Å². The van der Waals surface area contributed by atoms with Crippen LogP contribution in [0.2, 0.25) is 0 Å². The van der Waals surface area contributed by atoms with Crippen LogP contribution >= 0.6 is 0 Å². The molecular formula is C14H20N2O4S. The van der Waals surface area contributed by atoms with E-state index in [1.54, 1.807) is 6.07 Å². The van der Waals surface area contributed by atoms with Crippen molar-refractivity contribution in [1.82, 2.24) is 5.32 Å². The average Bonchev–Trinajstić information content (AvgIpc) is 3.04. The summed E-state index contributed by atoms with van der Waals surface area (Å²) in [5, 5.41) is 7.97. The summed E-state index contributed by atoms with van der Waals surface area (Å²) in [4.78, 5) is 11.8. The normalized spacial score (nSPS) is 19.9. The molecule has 1 saturated carbocycles. The number of primary sulfonamides is 1. The van der Waals surface area contributed by atoms with Crippen LogP contribution < -0.4 is 15.2 Å². The van der Waals surface area contributed by atoms with Gasteiger partial charge in [-0.25, -0.2) is 13.6 Å². The van der Waals surface area contributed by atoms with E-state index in [0.29, 0.717) is 5.56 Å². The highest BCUT2D eigenvalue weighted by atomic mass is 32.2. The second-order valence-electron chi connectivity index (χ2n) is 5.99. The summed E-state index contributed by atoms with van der Waals surface area (Å²) in [7, 11) is -2.49. The first-order valence-corrected chi connectivity index (χ1v) is 8.17. The number of nitrogens with one attached hydrogen (secondary N) is 1. The molecule has 0 aliphatic heterocycles. The van der Waals surface area contributed by atoms with Gasteiger partial charge in [-0.3, -0.25) is 4.79 Å². The van der Waals surface area contributed by atoms with Gasteiger partial charge in [-0.05, 0) is 29.5 Å². The Morgan fingerprint density at radius 3 is 2.57 bits per heavy atom. The molecule has 0 heterocycles. The highest BCUT2D eigenvalue weighted by Crippen LogP contribution is 2.51. The number of benzene rings is 1. The first-order valence-electron chi connectivity index (χ1n) is 6.62. The van der Waals surface area contributed by atoms with Gasteiger partial charge in [0, 0.05) is 12.5 Å². The number of rotatable bonds is 5. The van der Waals surface area contributed by atoms with Gasteiger partial charge in [-0.15, -0.1) is 0 Å². The minimum Gasteiger partial charge on any atom is -0.495 e. The number of hydrogen-bond donors (Lipinski definition) is 2. The van der Waals surface area contributed by atoms with Crippen molar-refractivity contribution in [3.8, 4) is 5.75 Å². The van der Waals surface area contributed by atoms with Crippen LogP contribution in [0.5, 0.6) is 5.75 Å². The summed E-state index contributed by atoms with van der Waals surface area (Å²) < 4.78 is 28.0. The lowest BCUT2D eigenvalue weighted by atomic mass is 10.1. The number of amides is 1. The van der Waals surface area contributed by atoms with Gasteiger partial charge in [-0.1, -0.05) is 19.9 Å². The maximum absolute atomic E-state index is 11.9. The van der Waals surface area contributed by atoms with Crippen molar-refractivity contribution in [2.45, 2.75) is 31.7 Å². The van der Waals surface area contributed by atoms with Crippen LogP contribution in [0.3, 0.4) is 0 Å². The average molecular weight is 312 g/mol. The molecule has 0 saturated heterocycles. The van der Waals surface area contributed by atoms with Crippen molar-refractivity contribution in [3.63, 3.8) is 0 Å². The number of sulfonamides is 1. The molecule has 1 unspecified atom stereocenters. The Kier molecular flexibility index (Phi) is 3.99. The number of carbonyl (C=O) groups is 1. The molecule has 2 rings (SSSR count). The van der Waals surface area contributed by atoms with Gasteiger partial charge in [0.15, 0.2) is 0 Å². The van der Waals surface area contributed by atoms with Crippen LogP contribution in [0.4, 0.5) is 0 Å². The van der Waals surface area contributed by atoms with Crippen molar-refractivity contribution in [1.29, 1.82) is 0 Å². The van der Waals surface area contributed by atoms with E-state index in [1.165, 1.54) is 19.2 Å². The Hall–Kier alpha value is -1.60. The summed E-state index contributed by atoms with van der Waals surface area (Å²) >= 11 is 0. The Morgan fingerprint density at radius 1 is 1.48 bits per heavy atom. The molecule has 1 aliphatic carbocycles. The Morgan fingerprint density at radius 2 is 2.10 bits per heavy atom. The summed E-state index contributed by atoms with van der Waals surface area (Å²) in [6.07, 6.45) is 0.879. The number of hydrogen-bond acceptors (Lipinski definition) is 4. The van der Waals surface area contributed by atoms with Gasteiger partial charge in [-0.2, -0.15) is 0 Å². The third-order valence-corrected chi connectivity index (χ3v) is 4.76. The number of carbonyl (C=O) groups excluding carboxylic acids is 1. The zero-order valence-electron chi connectivity index (χ0n) is 12.3. The van der Waals surface area contributed by atoms with Crippen LogP contribution in [0.1, 0.15) is 25.8 Å². The van der Waals surface area contributed by atoms with Crippen molar-refractivity contribution in [2.75, 3.05) is 7.11 Å². The molecule has 6 nitrogen and oxygen atoms in total. The smallest absolute Gasteiger partial charge is 0.241 e. The minimum atomic E-state index is -3.87. The molecule has 0 aromatic heterocycles. The first-order chi connectivity index (χ1) is 9.65. The molecule has 0 spiro atoms. The Bertz CT molecular complexity index is 668. The lowest BCUT2D eigenvalue weighted by Crippen LogP contribution is -2.26. The highest BCUT2D eigenvalue weighted by molar-refractivity contribution is 7.89. The maximum Gasteiger partial charge on any atom is 0.241 e. The van der Waals surface area contributed by atoms with Crippen LogP contribution in [0.25, 0.3) is 0 Å². The second-order valence-corrected chi connectivity index (χ2v) is 7.52. The fraction of sp³-hybridized carbons (Fsp3) is 0.500. The van der Waals surface area contributed by atoms with Crippen LogP contribution in [0, 0.1) is 11.3 Å². The molecule has 1 aromatic rings. The largest absolute Gasteiger partial charge is 0.495 e. The SMILES string of the molecule is COc1ccc(CNC(=O)C2CC2(C)C)cc1S(N)(=O)=O. The van der Waals surface area contributed by atoms with Gasteiger partial charge < -0.3 is 10.1 Å². The molecule has 1 fully saturated rings. The molecular weight excluding hydrogens is 292 g/mol. The van der Waals surface area contributed by atoms with Crippen LogP contribution in [0.15, 0.2) is 23.1 Å².